The summed E-state index contributed by atoms with van der Waals surface area (Å²) < 4.78 is 0. The van der Waals surface area contributed by atoms with Crippen molar-refractivity contribution in [2.45, 2.75) is 459 Å². The number of aryl methyl sites for hydroxylation is 1. The quantitative estimate of drug-likeness (QED) is 0.0471. The maximum absolute atomic E-state index is 4.24. The lowest BCUT2D eigenvalue weighted by Gasteiger charge is -2.17. The molecule has 0 spiro atoms. The van der Waals surface area contributed by atoms with Crippen molar-refractivity contribution in [1.82, 2.24) is 0 Å². The highest BCUT2D eigenvalue weighted by Gasteiger charge is 2.14. The maximum Gasteiger partial charge on any atom is 0.0344 e. The highest BCUT2D eigenvalue weighted by molar-refractivity contribution is 8.03. The molecule has 0 heterocycles. The molecule has 3 heteroatoms. The van der Waals surface area contributed by atoms with Gasteiger partial charge in [0, 0.05) is 14.7 Å². The molecule has 0 saturated carbocycles. The lowest BCUT2D eigenvalue weighted by molar-refractivity contribution is 0.521. The zero-order valence-electron chi connectivity index (χ0n) is 56.9. The molecule has 0 amide bonds. The van der Waals surface area contributed by atoms with Crippen LogP contribution in [0.15, 0.2) is 26.8 Å². The third kappa shape index (κ3) is 59.2. The first-order valence-corrected chi connectivity index (χ1v) is 41.6. The predicted octanol–water partition coefficient (Wildman–Crippen LogP) is 30.8. The molecule has 0 bridgehead atoms. The van der Waals surface area contributed by atoms with Crippen LogP contribution < -0.4 is 0 Å². The first-order chi connectivity index (χ1) is 40.8. The van der Waals surface area contributed by atoms with E-state index in [9.17, 15) is 0 Å². The summed E-state index contributed by atoms with van der Waals surface area (Å²) in [5.74, 6) is 3.86. The summed E-state index contributed by atoms with van der Waals surface area (Å²) in [6.45, 7) is 11.2. The number of hydrogen-bond acceptors (Lipinski definition) is 3. The third-order valence-electron chi connectivity index (χ3n) is 18.3. The molecule has 1 aromatic carbocycles. The lowest BCUT2D eigenvalue weighted by Crippen LogP contribution is -1.95. The molecular formula is C79H151S3. The molecule has 1 rings (SSSR count). The Morgan fingerprint density at radius 3 is 0.573 bits per heavy atom. The van der Waals surface area contributed by atoms with Gasteiger partial charge in [0.25, 0.3) is 0 Å². The molecule has 0 nitrogen and oxygen atoms in total. The first kappa shape index (κ1) is 80.3. The zero-order valence-corrected chi connectivity index (χ0v) is 59.3. The van der Waals surface area contributed by atoms with Crippen LogP contribution in [0.2, 0.25) is 0 Å². The van der Waals surface area contributed by atoms with Crippen LogP contribution >= 0.6 is 35.3 Å². The molecule has 485 valence electrons. The molecule has 0 aliphatic heterocycles. The molecule has 82 heavy (non-hydrogen) atoms. The van der Waals surface area contributed by atoms with Gasteiger partial charge >= 0.3 is 0 Å². The summed E-state index contributed by atoms with van der Waals surface area (Å²) in [5.41, 5.74) is 1.57. The highest BCUT2D eigenvalue weighted by atomic mass is 32.2. The Morgan fingerprint density at radius 1 is 0.220 bits per heavy atom. The fraction of sp³-hybridized carbons (Fsp3) is 0.911. The van der Waals surface area contributed by atoms with Gasteiger partial charge in [-0.2, -0.15) is 0 Å². The van der Waals surface area contributed by atoms with Crippen molar-refractivity contribution in [3.63, 3.8) is 0 Å². The summed E-state index contributed by atoms with van der Waals surface area (Å²) in [5, 5.41) is 0. The third-order valence-corrected chi connectivity index (χ3v) is 22.0. The Bertz CT molecular complexity index is 1250. The summed E-state index contributed by atoms with van der Waals surface area (Å²) in [6.07, 6.45) is 95.3. The van der Waals surface area contributed by atoms with Crippen LogP contribution in [0.25, 0.3) is 0 Å². The monoisotopic (exact) mass is 1200 g/mol. The molecular weight excluding hydrogens is 1050 g/mol. The van der Waals surface area contributed by atoms with Crippen LogP contribution in [-0.2, 0) is 6.42 Å². The molecule has 0 aliphatic rings. The van der Waals surface area contributed by atoms with Gasteiger partial charge in [-0.3, -0.25) is 0 Å². The Labute approximate surface area is 532 Å². The van der Waals surface area contributed by atoms with E-state index < -0.39 is 0 Å². The van der Waals surface area contributed by atoms with Gasteiger partial charge in [-0.1, -0.05) is 419 Å². The molecule has 0 unspecified atom stereocenters. The fourth-order valence-corrected chi connectivity index (χ4v) is 16.4. The van der Waals surface area contributed by atoms with Crippen molar-refractivity contribution in [3.8, 4) is 0 Å². The Kier molecular flexibility index (Phi) is 68.9. The van der Waals surface area contributed by atoms with Crippen LogP contribution in [-0.4, -0.2) is 17.3 Å². The number of thioether (sulfide) groups is 3. The van der Waals surface area contributed by atoms with E-state index in [-0.39, 0.29) is 0 Å². The van der Waals surface area contributed by atoms with E-state index in [0.717, 1.165) is 6.42 Å². The topological polar surface area (TPSA) is 0 Å². The number of benzene rings is 1. The summed E-state index contributed by atoms with van der Waals surface area (Å²) in [6, 6.07) is 5.25. The molecule has 0 N–H and O–H groups in total. The smallest absolute Gasteiger partial charge is 0.0344 e. The Hall–Kier alpha value is 0.270. The molecule has 0 aliphatic carbocycles. The largest absolute Gasteiger partial charge is 0.125 e. The maximum atomic E-state index is 4.24. The Balaban J connectivity index is 2.42. The molecule has 1 aromatic rings. The van der Waals surface area contributed by atoms with E-state index >= 15 is 0 Å². The van der Waals surface area contributed by atoms with Crippen LogP contribution in [0.5, 0.6) is 0 Å². The van der Waals surface area contributed by atoms with Gasteiger partial charge in [0.2, 0.25) is 0 Å². The molecule has 0 fully saturated rings. The van der Waals surface area contributed by atoms with Gasteiger partial charge in [-0.05, 0) is 67.1 Å². The van der Waals surface area contributed by atoms with Gasteiger partial charge in [-0.15, -0.1) is 35.3 Å². The second-order valence-corrected chi connectivity index (χ2v) is 30.0. The van der Waals surface area contributed by atoms with Gasteiger partial charge in [0.1, 0.15) is 0 Å². The Morgan fingerprint density at radius 2 is 0.390 bits per heavy atom. The number of hydrogen-bond donors (Lipinski definition) is 0. The molecule has 0 aromatic heterocycles. The molecule has 0 saturated heterocycles. The van der Waals surface area contributed by atoms with E-state index in [4.69, 9.17) is 0 Å². The van der Waals surface area contributed by atoms with Gasteiger partial charge in [-0.25, -0.2) is 0 Å². The van der Waals surface area contributed by atoms with Crippen molar-refractivity contribution < 1.29 is 0 Å². The molecule has 0 atom stereocenters. The first-order valence-electron chi connectivity index (χ1n) is 38.6. The summed E-state index contributed by atoms with van der Waals surface area (Å²) in [4.78, 5) is 4.88. The van der Waals surface area contributed by atoms with Gasteiger partial charge in [0.15, 0.2) is 0 Å². The van der Waals surface area contributed by atoms with Crippen molar-refractivity contribution in [3.05, 3.63) is 24.6 Å². The van der Waals surface area contributed by atoms with Crippen LogP contribution in [0, 0.1) is 6.92 Å². The second kappa shape index (κ2) is 70.4. The average Bonchev–Trinajstić information content (AvgIpc) is 3.68. The zero-order chi connectivity index (χ0) is 58.6. The lowest BCUT2D eigenvalue weighted by atomic mass is 10.0. The average molecular weight is 1200 g/mol. The minimum absolute atomic E-state index is 1.04. The van der Waals surface area contributed by atoms with Crippen LogP contribution in [0.3, 0.4) is 0 Å². The van der Waals surface area contributed by atoms with E-state index in [0.29, 0.717) is 0 Å². The van der Waals surface area contributed by atoms with E-state index in [1.807, 2.05) is 0 Å². The van der Waals surface area contributed by atoms with Crippen molar-refractivity contribution in [2.75, 3.05) is 17.3 Å². The van der Waals surface area contributed by atoms with E-state index in [2.05, 4.69) is 75.1 Å². The van der Waals surface area contributed by atoms with Crippen molar-refractivity contribution in [2.24, 2.45) is 0 Å². The predicted molar refractivity (Wildman–Crippen MR) is 385 cm³/mol. The van der Waals surface area contributed by atoms with Crippen LogP contribution in [0.1, 0.15) is 444 Å². The summed E-state index contributed by atoms with van der Waals surface area (Å²) in [7, 11) is 0. The van der Waals surface area contributed by atoms with Gasteiger partial charge in [0.05, 0.1) is 0 Å². The normalized spacial score (nSPS) is 11.8. The molecule has 1 radical (unpaired) electrons. The number of rotatable bonds is 72. The second-order valence-electron chi connectivity index (χ2n) is 26.6. The standard InChI is InChI=1S/C79H151S3/c1-5-9-13-16-19-22-25-28-31-34-37-40-43-46-49-52-55-58-61-64-67-71-80-77-74-76(70-12-8-4)75-78(81-72-68-65-62-59-56-53-50-47-44-41-38-35-32-29-26-23-20-17-14-10-6-2)79(77)82-73-69-66-63-60-57-54-51-48-45-42-39-36-33-30-27-24-21-18-15-11-7-3/h74-75H,4-73H2,1-3H3. The minimum atomic E-state index is 1.04. The van der Waals surface area contributed by atoms with E-state index in [1.54, 1.807) is 20.2 Å². The van der Waals surface area contributed by atoms with Gasteiger partial charge < -0.3 is 0 Å². The highest BCUT2D eigenvalue weighted by Crippen LogP contribution is 2.41. The van der Waals surface area contributed by atoms with Crippen molar-refractivity contribution >= 4 is 35.3 Å². The SMILES string of the molecule is [CH2]CCCc1cc(SCCCCCCCCCCCCCCCCCCCCCCC)c(SCCCCCCCCCCCCCCCCCCCCCCC)c(SCCCCCCCCCCCCCCCCCCCCCCC)c1. The fourth-order valence-electron chi connectivity index (χ4n) is 12.6. The minimum Gasteiger partial charge on any atom is -0.125 e. The van der Waals surface area contributed by atoms with Crippen LogP contribution in [0.4, 0.5) is 0 Å². The number of unbranched alkanes of at least 4 members (excludes halogenated alkanes) is 61. The van der Waals surface area contributed by atoms with Crippen molar-refractivity contribution in [1.29, 1.82) is 0 Å². The summed E-state index contributed by atoms with van der Waals surface area (Å²) >= 11 is 6.65. The van der Waals surface area contributed by atoms with E-state index in [1.165, 1.54) is 435 Å².